The van der Waals surface area contributed by atoms with Crippen molar-refractivity contribution in [2.45, 2.75) is 25.3 Å². The smallest absolute Gasteiger partial charge is 0.248 e. The minimum Gasteiger partial charge on any atom is -0.314 e. The summed E-state index contributed by atoms with van der Waals surface area (Å²) in [5.74, 6) is 1.59. The molecule has 2 amide bonds. The van der Waals surface area contributed by atoms with Gasteiger partial charge in [-0.25, -0.2) is 0 Å². The molecule has 3 heterocycles. The number of piperazine rings is 1. The predicted molar refractivity (Wildman–Crippen MR) is 173 cm³/mol. The zero-order valence-electron chi connectivity index (χ0n) is 22.9. The first-order valence-electron chi connectivity index (χ1n) is 13.5. The van der Waals surface area contributed by atoms with E-state index in [0.29, 0.717) is 16.7 Å². The van der Waals surface area contributed by atoms with Crippen LogP contribution in [0.2, 0.25) is 0 Å². The Labute approximate surface area is 263 Å². The molecule has 5 rings (SSSR count). The predicted octanol–water partition coefficient (Wildman–Crippen LogP) is 4.10. The number of amides is 2. The van der Waals surface area contributed by atoms with Crippen LogP contribution >= 0.6 is 46.8 Å². The van der Waals surface area contributed by atoms with E-state index in [9.17, 15) is 9.59 Å². The van der Waals surface area contributed by atoms with Crippen LogP contribution in [0, 0.1) is 0 Å². The summed E-state index contributed by atoms with van der Waals surface area (Å²) in [6.45, 7) is 3.35. The fourth-order valence-corrected chi connectivity index (χ4v) is 7.09. The largest absolute Gasteiger partial charge is 0.314 e. The van der Waals surface area contributed by atoms with Crippen LogP contribution in [0.3, 0.4) is 0 Å². The summed E-state index contributed by atoms with van der Waals surface area (Å²) >= 11 is 4.64. The Balaban J connectivity index is 0.00000405. The van der Waals surface area contributed by atoms with E-state index in [4.69, 9.17) is 0 Å². The first kappa shape index (κ1) is 32.0. The van der Waals surface area contributed by atoms with Crippen molar-refractivity contribution in [1.82, 2.24) is 30.6 Å². The zero-order chi connectivity index (χ0) is 28.3. The molecule has 0 radical (unpaired) electrons. The van der Waals surface area contributed by atoms with E-state index in [-0.39, 0.29) is 30.3 Å². The highest BCUT2D eigenvalue weighted by Gasteiger charge is 2.29. The molecule has 1 fully saturated rings. The van der Waals surface area contributed by atoms with E-state index >= 15 is 0 Å². The SMILES string of the molecule is Cl.O=C(Cc1ccccc1)Nc1nnc(CCSCCc2nnc(NC(=O)C(c3ccccc3)N3CCNCC3)s2)s1. The lowest BCUT2D eigenvalue weighted by Gasteiger charge is -2.34. The van der Waals surface area contributed by atoms with Crippen molar-refractivity contribution in [3.63, 3.8) is 0 Å². The minimum atomic E-state index is -0.362. The molecule has 4 aromatic rings. The molecular formula is C28H33ClN8O2S3. The third kappa shape index (κ3) is 9.54. The molecule has 42 heavy (non-hydrogen) atoms. The standard InChI is InChI=1S/C28H32N8O2S3.ClH/c37-22(19-20-7-3-1-4-8-20)30-27-34-32-23(40-27)11-17-39-18-12-24-33-35-28(41-24)31-26(38)25(21-9-5-2-6-10-21)36-15-13-29-14-16-36;/h1-10,25,29H,11-19H2,(H,30,34,37)(H,31,35,38);1H. The Morgan fingerprint density at radius 2 is 1.40 bits per heavy atom. The van der Waals surface area contributed by atoms with E-state index < -0.39 is 0 Å². The Kier molecular flexibility index (Phi) is 12.7. The molecule has 1 aliphatic heterocycles. The van der Waals surface area contributed by atoms with Crippen molar-refractivity contribution in [1.29, 1.82) is 0 Å². The second-order valence-corrected chi connectivity index (χ2v) is 12.8. The summed E-state index contributed by atoms with van der Waals surface area (Å²) in [6.07, 6.45) is 1.86. The van der Waals surface area contributed by atoms with Gasteiger partial charge < -0.3 is 10.6 Å². The van der Waals surface area contributed by atoms with E-state index in [1.165, 1.54) is 22.7 Å². The molecule has 2 aromatic carbocycles. The van der Waals surface area contributed by atoms with E-state index in [1.807, 2.05) is 60.7 Å². The van der Waals surface area contributed by atoms with Crippen molar-refractivity contribution in [3.8, 4) is 0 Å². The lowest BCUT2D eigenvalue weighted by atomic mass is 10.0. The molecule has 10 nitrogen and oxygen atoms in total. The average molecular weight is 645 g/mol. The van der Waals surface area contributed by atoms with Gasteiger partial charge in [0, 0.05) is 39.0 Å². The maximum Gasteiger partial charge on any atom is 0.248 e. The van der Waals surface area contributed by atoms with E-state index in [1.54, 1.807) is 11.8 Å². The van der Waals surface area contributed by atoms with Gasteiger partial charge in [-0.2, -0.15) is 11.8 Å². The lowest BCUT2D eigenvalue weighted by Crippen LogP contribution is -2.48. The van der Waals surface area contributed by atoms with Crippen LogP contribution in [0.5, 0.6) is 0 Å². The second kappa shape index (κ2) is 16.6. The number of hydrogen-bond donors (Lipinski definition) is 3. The summed E-state index contributed by atoms with van der Waals surface area (Å²) in [5.41, 5.74) is 1.94. The van der Waals surface area contributed by atoms with Crippen LogP contribution in [0.1, 0.15) is 27.2 Å². The number of aryl methyl sites for hydroxylation is 2. The van der Waals surface area contributed by atoms with Crippen LogP contribution in [0.4, 0.5) is 10.3 Å². The molecule has 1 unspecified atom stereocenters. The molecule has 3 N–H and O–H groups in total. The summed E-state index contributed by atoms with van der Waals surface area (Å²) in [7, 11) is 0. The third-order valence-electron chi connectivity index (χ3n) is 6.42. The Morgan fingerprint density at radius 3 is 2.02 bits per heavy atom. The molecule has 2 aromatic heterocycles. The van der Waals surface area contributed by atoms with Gasteiger partial charge in [-0.05, 0) is 22.6 Å². The Hall–Kier alpha value is -2.94. The van der Waals surface area contributed by atoms with Gasteiger partial charge >= 0.3 is 0 Å². The minimum absolute atomic E-state index is 0. The van der Waals surface area contributed by atoms with Gasteiger partial charge in [-0.15, -0.1) is 32.8 Å². The highest BCUT2D eigenvalue weighted by Crippen LogP contribution is 2.25. The third-order valence-corrected chi connectivity index (χ3v) is 9.20. The van der Waals surface area contributed by atoms with Crippen LogP contribution in [-0.2, 0) is 28.9 Å². The number of hydrogen-bond acceptors (Lipinski definition) is 11. The van der Waals surface area contributed by atoms with Crippen LogP contribution in [0.25, 0.3) is 0 Å². The fourth-order valence-electron chi connectivity index (χ4n) is 4.45. The van der Waals surface area contributed by atoms with E-state index in [2.05, 4.69) is 41.2 Å². The van der Waals surface area contributed by atoms with Crippen molar-refractivity contribution in [2.24, 2.45) is 0 Å². The first-order valence-corrected chi connectivity index (χ1v) is 16.3. The van der Waals surface area contributed by atoms with Crippen LogP contribution in [0.15, 0.2) is 60.7 Å². The quantitative estimate of drug-likeness (QED) is 0.185. The number of nitrogens with zero attached hydrogens (tertiary/aromatic N) is 5. The van der Waals surface area contributed by atoms with Crippen molar-refractivity contribution in [2.75, 3.05) is 48.3 Å². The molecule has 222 valence electrons. The normalized spacial score (nSPS) is 14.1. The van der Waals surface area contributed by atoms with Gasteiger partial charge in [-0.1, -0.05) is 83.3 Å². The fraction of sp³-hybridized carbons (Fsp3) is 0.357. The van der Waals surface area contributed by atoms with Gasteiger partial charge in [-0.3, -0.25) is 19.8 Å². The Morgan fingerprint density at radius 1 is 0.833 bits per heavy atom. The van der Waals surface area contributed by atoms with Gasteiger partial charge in [0.15, 0.2) is 0 Å². The number of carbonyl (C=O) groups is 2. The van der Waals surface area contributed by atoms with Crippen LogP contribution < -0.4 is 16.0 Å². The summed E-state index contributed by atoms with van der Waals surface area (Å²) in [6, 6.07) is 19.2. The molecule has 0 spiro atoms. The number of thioether (sulfide) groups is 1. The number of benzene rings is 2. The molecule has 0 saturated carbocycles. The molecular weight excluding hydrogens is 612 g/mol. The average Bonchev–Trinajstić information content (AvgIpc) is 3.63. The van der Waals surface area contributed by atoms with Crippen molar-refractivity contribution < 1.29 is 9.59 Å². The van der Waals surface area contributed by atoms with Crippen LogP contribution in [-0.4, -0.2) is 74.8 Å². The zero-order valence-corrected chi connectivity index (χ0v) is 26.2. The van der Waals surface area contributed by atoms with Crippen molar-refractivity contribution in [3.05, 3.63) is 81.8 Å². The highest BCUT2D eigenvalue weighted by atomic mass is 35.5. The second-order valence-electron chi connectivity index (χ2n) is 9.41. The maximum absolute atomic E-state index is 13.3. The molecule has 1 aliphatic rings. The molecule has 0 aliphatic carbocycles. The van der Waals surface area contributed by atoms with Gasteiger partial charge in [0.05, 0.1) is 6.42 Å². The summed E-state index contributed by atoms with van der Waals surface area (Å²) in [5, 5.41) is 28.9. The number of halogens is 1. The summed E-state index contributed by atoms with van der Waals surface area (Å²) in [4.78, 5) is 27.8. The number of carbonyl (C=O) groups excluding carboxylic acids is 2. The number of anilines is 2. The lowest BCUT2D eigenvalue weighted by molar-refractivity contribution is -0.121. The van der Waals surface area contributed by atoms with Crippen molar-refractivity contribution >= 4 is 68.9 Å². The topological polar surface area (TPSA) is 125 Å². The molecule has 1 atom stereocenters. The molecule has 0 bridgehead atoms. The maximum atomic E-state index is 13.3. The monoisotopic (exact) mass is 644 g/mol. The molecule has 1 saturated heterocycles. The first-order chi connectivity index (χ1) is 20.1. The summed E-state index contributed by atoms with van der Waals surface area (Å²) < 4.78 is 0. The Bertz CT molecular complexity index is 1400. The van der Waals surface area contributed by atoms with Gasteiger partial charge in [0.25, 0.3) is 0 Å². The van der Waals surface area contributed by atoms with Gasteiger partial charge in [0.2, 0.25) is 22.1 Å². The number of rotatable bonds is 13. The van der Waals surface area contributed by atoms with E-state index in [0.717, 1.165) is 71.7 Å². The number of aromatic nitrogens is 4. The highest BCUT2D eigenvalue weighted by molar-refractivity contribution is 7.99. The van der Waals surface area contributed by atoms with Gasteiger partial charge in [0.1, 0.15) is 16.1 Å². The molecule has 14 heteroatoms. The number of nitrogens with one attached hydrogen (secondary N) is 3.